The van der Waals surface area contributed by atoms with Crippen LogP contribution in [-0.4, -0.2) is 98.0 Å². The van der Waals surface area contributed by atoms with Crippen molar-refractivity contribution in [3.05, 3.63) is 0 Å². The summed E-state index contributed by atoms with van der Waals surface area (Å²) in [6, 6.07) is 0. The molecular weight excluding hydrogens is 829 g/mol. The van der Waals surface area contributed by atoms with E-state index in [0.717, 1.165) is 27.7 Å². The zero-order valence-corrected chi connectivity index (χ0v) is 27.1. The fraction of sp³-hybridized carbons (Fsp3) is 0.600. The zero-order valence-electron chi connectivity index (χ0n) is 19.4. The molecule has 14 nitrogen and oxygen atoms in total. The van der Waals surface area contributed by atoms with Crippen molar-refractivity contribution in [2.24, 2.45) is 0 Å². The van der Waals surface area contributed by atoms with E-state index in [1.54, 1.807) is 8.97 Å². The van der Waals surface area contributed by atoms with Gasteiger partial charge in [0.25, 0.3) is 0 Å². The third kappa shape index (κ3) is 26.7. The second kappa shape index (κ2) is 17.2. The number of carbonyl (C=O) groups is 6. The summed E-state index contributed by atoms with van der Waals surface area (Å²) in [6.45, 7) is 7.92. The Balaban J connectivity index is -0.000000478. The van der Waals surface area contributed by atoms with Crippen LogP contribution in [0.3, 0.4) is 0 Å². The molecule has 0 bridgehead atoms. The maximum absolute atomic E-state index is 10.9. The summed E-state index contributed by atoms with van der Waals surface area (Å²) in [5, 5.41) is 15.2. The van der Waals surface area contributed by atoms with Crippen molar-refractivity contribution >= 4 is 88.0 Å². The molecule has 184 valence electrons. The molecule has 0 saturated carbocycles. The molecule has 0 amide bonds. The normalized spacial score (nSPS) is 9.84. The average molecular weight is 859 g/mol. The minimum absolute atomic E-state index is 0.377. The molecule has 0 rings (SSSR count). The Labute approximate surface area is 199 Å². The standard InChI is InChI=1S/6C2H4O2.CH5BO2.2CH3.2Pb/c7*1-2(3)4;;;;/h6*1H3,(H,3,4);3-4H,1H3;2*1H3;;/q;;;;;;;;;+2;+4/p-6. The van der Waals surface area contributed by atoms with Crippen LogP contribution in [0.5, 0.6) is 0 Å². The molecule has 17 heteroatoms. The summed E-state index contributed by atoms with van der Waals surface area (Å²) in [7, 11) is -1.17. The molecule has 32 heavy (non-hydrogen) atoms. The molecule has 0 atom stereocenters. The Kier molecular flexibility index (Phi) is 18.9. The van der Waals surface area contributed by atoms with Crippen molar-refractivity contribution in [3.63, 3.8) is 0 Å². The van der Waals surface area contributed by atoms with Gasteiger partial charge < -0.3 is 10.0 Å². The van der Waals surface area contributed by atoms with Crippen LogP contribution >= 0.6 is 0 Å². The zero-order chi connectivity index (χ0) is 26.3. The predicted molar refractivity (Wildman–Crippen MR) is 110 cm³/mol. The molecule has 0 heterocycles. The van der Waals surface area contributed by atoms with Crippen molar-refractivity contribution in [2.45, 2.75) is 57.3 Å². The average Bonchev–Trinajstić information content (AvgIpc) is 2.39. The molecular formula is C15H29BO14Pb2. The van der Waals surface area contributed by atoms with Gasteiger partial charge in [-0.15, -0.1) is 0 Å². The topological polar surface area (TPSA) is 198 Å². The second-order valence-corrected chi connectivity index (χ2v) is 25.6. The number of hydrogen-bond acceptors (Lipinski definition) is 14. The molecule has 0 aromatic rings. The summed E-state index contributed by atoms with van der Waals surface area (Å²) >= 11 is -8.78. The van der Waals surface area contributed by atoms with Crippen LogP contribution in [0, 0.1) is 0 Å². The summed E-state index contributed by atoms with van der Waals surface area (Å²) in [5.41, 5.74) is 0. The van der Waals surface area contributed by atoms with Gasteiger partial charge in [-0.1, -0.05) is 0 Å². The fourth-order valence-corrected chi connectivity index (χ4v) is 13.5. The maximum atomic E-state index is 10.9. The summed E-state index contributed by atoms with van der Waals surface area (Å²) < 4.78 is 31.7. The third-order valence-electron chi connectivity index (χ3n) is 1.85. The van der Waals surface area contributed by atoms with Crippen LogP contribution in [0.1, 0.15) is 41.5 Å². The van der Waals surface area contributed by atoms with E-state index in [1.165, 1.54) is 20.7 Å². The van der Waals surface area contributed by atoms with Crippen molar-refractivity contribution in [1.82, 2.24) is 0 Å². The molecule has 0 spiro atoms. The molecule has 0 aromatic carbocycles. The molecule has 0 aliphatic carbocycles. The molecule has 2 N–H and O–H groups in total. The van der Waals surface area contributed by atoms with Crippen molar-refractivity contribution in [3.8, 4) is 0 Å². The summed E-state index contributed by atoms with van der Waals surface area (Å²) in [5.74, 6) is -4.27. The molecule has 0 saturated heterocycles. The first-order chi connectivity index (χ1) is 14.2. The Morgan fingerprint density at radius 2 is 0.688 bits per heavy atom. The van der Waals surface area contributed by atoms with E-state index >= 15 is 0 Å². The first kappa shape index (κ1) is 35.2. The molecule has 0 radical (unpaired) electrons. The van der Waals surface area contributed by atoms with E-state index in [4.69, 9.17) is 15.4 Å². The van der Waals surface area contributed by atoms with E-state index in [-0.39, 0.29) is 11.9 Å². The SMILES string of the molecule is CB(O)O.CC(=O)[O][Pb]([CH3])([CH3])[O]C(C)=O.CC(=O)[O][Pb]([O]C(C)=O)([O]C(C)=O)[O]C(C)=O. The number of rotatable bonds is 6. The van der Waals surface area contributed by atoms with Gasteiger partial charge in [-0.25, -0.2) is 0 Å². The molecule has 0 aromatic heterocycles. The Morgan fingerprint density at radius 3 is 0.812 bits per heavy atom. The van der Waals surface area contributed by atoms with Crippen molar-refractivity contribution in [2.75, 3.05) is 0 Å². The van der Waals surface area contributed by atoms with Gasteiger partial charge in [-0.3, -0.25) is 0 Å². The Morgan fingerprint density at radius 1 is 0.531 bits per heavy atom. The minimum atomic E-state index is -5.43. The van der Waals surface area contributed by atoms with Gasteiger partial charge in [-0.2, -0.15) is 0 Å². The number of carbonyl (C=O) groups excluding carboxylic acids is 6. The summed E-state index contributed by atoms with van der Waals surface area (Å²) in [4.78, 5) is 64.4. The monoisotopic (exact) mass is 860 g/mol. The number of hydrogen-bond donors (Lipinski definition) is 2. The van der Waals surface area contributed by atoms with Crippen LogP contribution in [0.15, 0.2) is 0 Å². The van der Waals surface area contributed by atoms with Gasteiger partial charge in [0.15, 0.2) is 0 Å². The first-order valence-electron chi connectivity index (χ1n) is 8.77. The van der Waals surface area contributed by atoms with Crippen LogP contribution in [0.25, 0.3) is 0 Å². The van der Waals surface area contributed by atoms with E-state index in [2.05, 4.69) is 10.7 Å². The van der Waals surface area contributed by atoms with Crippen molar-refractivity contribution < 1.29 is 54.9 Å². The van der Waals surface area contributed by atoms with Gasteiger partial charge in [-0.05, 0) is 6.82 Å². The predicted octanol–water partition coefficient (Wildman–Crippen LogP) is -0.422. The van der Waals surface area contributed by atoms with E-state index < -0.39 is 76.1 Å². The fourth-order valence-electron chi connectivity index (χ4n) is 1.54. The van der Waals surface area contributed by atoms with Crippen LogP contribution in [0.2, 0.25) is 15.8 Å². The van der Waals surface area contributed by atoms with Crippen LogP contribution in [0.4, 0.5) is 0 Å². The van der Waals surface area contributed by atoms with Gasteiger partial charge in [0.1, 0.15) is 0 Å². The van der Waals surface area contributed by atoms with Gasteiger partial charge in [0, 0.05) is 0 Å². The van der Waals surface area contributed by atoms with Gasteiger partial charge in [0.2, 0.25) is 0 Å². The Hall–Kier alpha value is -1.35. The van der Waals surface area contributed by atoms with Gasteiger partial charge in [0.05, 0.1) is 0 Å². The summed E-state index contributed by atoms with van der Waals surface area (Å²) in [6.07, 6.45) is 0. The first-order valence-corrected chi connectivity index (χ1v) is 26.1. The van der Waals surface area contributed by atoms with Crippen LogP contribution in [-0.2, 0) is 44.9 Å². The second-order valence-electron chi connectivity index (χ2n) is 6.09. The molecule has 0 unspecified atom stereocenters. The van der Waals surface area contributed by atoms with E-state index in [0.29, 0.717) is 0 Å². The van der Waals surface area contributed by atoms with Crippen molar-refractivity contribution in [1.29, 1.82) is 0 Å². The van der Waals surface area contributed by atoms with E-state index in [9.17, 15) is 28.8 Å². The van der Waals surface area contributed by atoms with Gasteiger partial charge >= 0.3 is 183 Å². The van der Waals surface area contributed by atoms with E-state index in [1.807, 2.05) is 0 Å². The molecule has 0 aliphatic heterocycles. The van der Waals surface area contributed by atoms with Crippen LogP contribution < -0.4 is 0 Å². The Bertz CT molecular complexity index is 589. The third-order valence-corrected chi connectivity index (χ3v) is 16.3. The molecule has 0 aliphatic rings. The quantitative estimate of drug-likeness (QED) is 0.327. The molecule has 0 fully saturated rings.